The van der Waals surface area contributed by atoms with Gasteiger partial charge in [0.25, 0.3) is 0 Å². The monoisotopic (exact) mass is 289 g/mol. The number of alkyl halides is 3. The van der Waals surface area contributed by atoms with Crippen LogP contribution in [0.4, 0.5) is 13.2 Å². The first kappa shape index (κ1) is 14.1. The highest BCUT2D eigenvalue weighted by molar-refractivity contribution is 7.80. The van der Waals surface area contributed by atoms with Gasteiger partial charge in [0, 0.05) is 5.56 Å². The number of ether oxygens (including phenoxy) is 1. The molecule has 0 aliphatic heterocycles. The molecule has 104 valence electrons. The lowest BCUT2D eigenvalue weighted by Crippen LogP contribution is -2.17. The normalized spacial score (nSPS) is 16.6. The van der Waals surface area contributed by atoms with Crippen LogP contribution >= 0.6 is 12.2 Å². The summed E-state index contributed by atoms with van der Waals surface area (Å²) in [5.74, 6) is -0.139. The van der Waals surface area contributed by atoms with Crippen molar-refractivity contribution >= 4 is 17.2 Å². The third kappa shape index (κ3) is 3.37. The fourth-order valence-corrected chi connectivity index (χ4v) is 2.32. The summed E-state index contributed by atoms with van der Waals surface area (Å²) in [7, 11) is 0. The van der Waals surface area contributed by atoms with Crippen LogP contribution in [0.15, 0.2) is 18.2 Å². The number of halogens is 3. The van der Waals surface area contributed by atoms with E-state index in [1.807, 2.05) is 0 Å². The lowest BCUT2D eigenvalue weighted by Gasteiger charge is -2.18. The molecule has 6 heteroatoms. The number of hydrogen-bond acceptors (Lipinski definition) is 2. The maximum atomic E-state index is 13.0. The minimum Gasteiger partial charge on any atom is -0.490 e. The van der Waals surface area contributed by atoms with Gasteiger partial charge in [-0.3, -0.25) is 0 Å². The second-order valence-electron chi connectivity index (χ2n) is 4.60. The van der Waals surface area contributed by atoms with Gasteiger partial charge in [-0.25, -0.2) is 0 Å². The molecule has 1 saturated carbocycles. The number of hydrogen-bond donors (Lipinski definition) is 1. The van der Waals surface area contributed by atoms with Crippen LogP contribution in [0.1, 0.15) is 36.8 Å². The topological polar surface area (TPSA) is 35.2 Å². The van der Waals surface area contributed by atoms with E-state index in [0.717, 1.165) is 31.7 Å². The number of rotatable bonds is 3. The summed E-state index contributed by atoms with van der Waals surface area (Å²) in [6, 6.07) is 3.71. The first-order valence-corrected chi connectivity index (χ1v) is 6.46. The Kier molecular flexibility index (Phi) is 3.99. The molecule has 0 aromatic heterocycles. The fraction of sp³-hybridized carbons (Fsp3) is 0.462. The average molecular weight is 289 g/mol. The minimum atomic E-state index is -4.48. The predicted octanol–water partition coefficient (Wildman–Crippen LogP) is 3.66. The second-order valence-corrected chi connectivity index (χ2v) is 5.04. The summed E-state index contributed by atoms with van der Waals surface area (Å²) in [5.41, 5.74) is 4.74. The largest absolute Gasteiger partial charge is 0.490 e. The summed E-state index contributed by atoms with van der Waals surface area (Å²) in [5, 5.41) is 0. The van der Waals surface area contributed by atoms with E-state index < -0.39 is 11.7 Å². The molecule has 1 fully saturated rings. The Morgan fingerprint density at radius 1 is 1.26 bits per heavy atom. The van der Waals surface area contributed by atoms with Gasteiger partial charge in [-0.2, -0.15) is 13.2 Å². The standard InChI is InChI=1S/C13H14F3NOS/c14-13(15,16)10-7-8(12(17)19)5-6-11(10)18-9-3-1-2-4-9/h5-7,9H,1-4H2,(H2,17,19). The third-order valence-corrected chi connectivity index (χ3v) is 3.40. The van der Waals surface area contributed by atoms with Crippen LogP contribution in [0.5, 0.6) is 5.75 Å². The molecule has 1 aromatic rings. The maximum Gasteiger partial charge on any atom is 0.419 e. The summed E-state index contributed by atoms with van der Waals surface area (Å²) in [6.07, 6.45) is -1.01. The minimum absolute atomic E-state index is 0.0575. The number of benzene rings is 1. The SMILES string of the molecule is NC(=S)c1ccc(OC2CCCC2)c(C(F)(F)F)c1. The van der Waals surface area contributed by atoms with Gasteiger partial charge in [-0.05, 0) is 43.9 Å². The molecule has 0 spiro atoms. The Balaban J connectivity index is 2.33. The summed E-state index contributed by atoms with van der Waals surface area (Å²) >= 11 is 4.70. The molecule has 1 aliphatic carbocycles. The average Bonchev–Trinajstić information content (AvgIpc) is 2.80. The zero-order valence-electron chi connectivity index (χ0n) is 10.2. The van der Waals surface area contributed by atoms with Gasteiger partial charge in [0.05, 0.1) is 11.7 Å². The Bertz CT molecular complexity index is 481. The van der Waals surface area contributed by atoms with Crippen LogP contribution in [0.3, 0.4) is 0 Å². The Morgan fingerprint density at radius 3 is 2.42 bits per heavy atom. The van der Waals surface area contributed by atoms with Crippen molar-refractivity contribution < 1.29 is 17.9 Å². The van der Waals surface area contributed by atoms with E-state index in [4.69, 9.17) is 22.7 Å². The van der Waals surface area contributed by atoms with Crippen LogP contribution in [0, 0.1) is 0 Å². The summed E-state index contributed by atoms with van der Waals surface area (Å²) in [6.45, 7) is 0. The van der Waals surface area contributed by atoms with Crippen molar-refractivity contribution in [2.45, 2.75) is 38.0 Å². The molecular weight excluding hydrogens is 275 g/mol. The number of nitrogens with two attached hydrogens (primary N) is 1. The van der Waals surface area contributed by atoms with Crippen LogP contribution in [-0.4, -0.2) is 11.1 Å². The highest BCUT2D eigenvalue weighted by Gasteiger charge is 2.35. The van der Waals surface area contributed by atoms with E-state index in [0.29, 0.717) is 0 Å². The summed E-state index contributed by atoms with van der Waals surface area (Å²) < 4.78 is 44.5. The molecule has 0 unspecified atom stereocenters. The van der Waals surface area contributed by atoms with E-state index in [2.05, 4.69) is 0 Å². The molecule has 1 aliphatic rings. The van der Waals surface area contributed by atoms with E-state index in [1.54, 1.807) is 0 Å². The molecule has 0 saturated heterocycles. The smallest absolute Gasteiger partial charge is 0.419 e. The molecule has 2 rings (SSSR count). The molecule has 0 atom stereocenters. The molecule has 19 heavy (non-hydrogen) atoms. The van der Waals surface area contributed by atoms with Crippen molar-refractivity contribution in [3.05, 3.63) is 29.3 Å². The van der Waals surface area contributed by atoms with Gasteiger partial charge in [-0.1, -0.05) is 12.2 Å². The number of thiocarbonyl (C=S) groups is 1. The second kappa shape index (κ2) is 5.36. The molecule has 1 aromatic carbocycles. The van der Waals surface area contributed by atoms with Crippen molar-refractivity contribution in [3.8, 4) is 5.75 Å². The van der Waals surface area contributed by atoms with Gasteiger partial charge in [0.15, 0.2) is 0 Å². The van der Waals surface area contributed by atoms with Gasteiger partial charge in [0.2, 0.25) is 0 Å². The van der Waals surface area contributed by atoms with Crippen molar-refractivity contribution in [3.63, 3.8) is 0 Å². The predicted molar refractivity (Wildman–Crippen MR) is 70.2 cm³/mol. The molecule has 0 amide bonds. The van der Waals surface area contributed by atoms with E-state index in [-0.39, 0.29) is 22.4 Å². The van der Waals surface area contributed by atoms with E-state index >= 15 is 0 Å². The van der Waals surface area contributed by atoms with Crippen molar-refractivity contribution in [2.24, 2.45) is 5.73 Å². The molecule has 0 radical (unpaired) electrons. The maximum absolute atomic E-state index is 13.0. The first-order chi connectivity index (χ1) is 8.88. The quantitative estimate of drug-likeness (QED) is 0.862. The van der Waals surface area contributed by atoms with Gasteiger partial charge in [-0.15, -0.1) is 0 Å². The molecule has 0 heterocycles. The van der Waals surface area contributed by atoms with Crippen molar-refractivity contribution in [1.29, 1.82) is 0 Å². The first-order valence-electron chi connectivity index (χ1n) is 6.05. The van der Waals surface area contributed by atoms with Crippen molar-refractivity contribution in [2.75, 3.05) is 0 Å². The molecular formula is C13H14F3NOS. The zero-order chi connectivity index (χ0) is 14.0. The van der Waals surface area contributed by atoms with E-state index in [9.17, 15) is 13.2 Å². The fourth-order valence-electron chi connectivity index (χ4n) is 2.19. The third-order valence-electron chi connectivity index (χ3n) is 3.17. The summed E-state index contributed by atoms with van der Waals surface area (Å²) in [4.78, 5) is -0.0575. The van der Waals surface area contributed by atoms with Gasteiger partial charge < -0.3 is 10.5 Å². The van der Waals surface area contributed by atoms with Crippen LogP contribution < -0.4 is 10.5 Å². The zero-order valence-corrected chi connectivity index (χ0v) is 11.0. The molecule has 0 bridgehead atoms. The Morgan fingerprint density at radius 2 is 1.89 bits per heavy atom. The highest BCUT2D eigenvalue weighted by atomic mass is 32.1. The van der Waals surface area contributed by atoms with Gasteiger partial charge in [0.1, 0.15) is 10.7 Å². The lowest BCUT2D eigenvalue weighted by atomic mass is 10.1. The Labute approximate surface area is 114 Å². The lowest BCUT2D eigenvalue weighted by molar-refractivity contribution is -0.139. The molecule has 2 N–H and O–H groups in total. The van der Waals surface area contributed by atoms with Crippen LogP contribution in [0.25, 0.3) is 0 Å². The highest BCUT2D eigenvalue weighted by Crippen LogP contribution is 2.38. The van der Waals surface area contributed by atoms with Crippen molar-refractivity contribution in [1.82, 2.24) is 0 Å². The van der Waals surface area contributed by atoms with Crippen LogP contribution in [-0.2, 0) is 6.18 Å². The Hall–Kier alpha value is -1.30. The van der Waals surface area contributed by atoms with Gasteiger partial charge >= 0.3 is 6.18 Å². The van der Waals surface area contributed by atoms with Crippen LogP contribution in [0.2, 0.25) is 0 Å². The van der Waals surface area contributed by atoms with E-state index in [1.165, 1.54) is 12.1 Å². The molecule has 2 nitrogen and oxygen atoms in total.